The van der Waals surface area contributed by atoms with E-state index in [1.807, 2.05) is 24.3 Å². The topological polar surface area (TPSA) is 178 Å². The summed E-state index contributed by atoms with van der Waals surface area (Å²) in [5, 5.41) is 32.0. The van der Waals surface area contributed by atoms with Crippen molar-refractivity contribution in [3.05, 3.63) is 117 Å². The summed E-state index contributed by atoms with van der Waals surface area (Å²) >= 11 is 0. The zero-order valence-corrected chi connectivity index (χ0v) is 42.0. The van der Waals surface area contributed by atoms with Crippen LogP contribution in [0.25, 0.3) is 11.1 Å². The van der Waals surface area contributed by atoms with Gasteiger partial charge in [-0.1, -0.05) is 32.9 Å². The van der Waals surface area contributed by atoms with Crippen LogP contribution in [0.2, 0.25) is 18.1 Å². The SMILES string of the molecule is COc1ccc(C2=CC(O)=C(C(C)=O)Cc3c2cc(OC)c(OC)c3OC)cc1O.COc1ccc(C2=CC(O)=C(C(C)=O)Cc3c2cc(OC)c(OC)c3OC)cc1O[Si](C)(C)C(C)(C)C. The van der Waals surface area contributed by atoms with Gasteiger partial charge in [0.2, 0.25) is 11.5 Å². The van der Waals surface area contributed by atoms with Crippen LogP contribution in [0.15, 0.2) is 83.3 Å². The fourth-order valence-electron chi connectivity index (χ4n) is 7.70. The molecule has 0 amide bonds. The first-order chi connectivity index (χ1) is 31.6. The molecule has 0 saturated carbocycles. The Labute approximate surface area is 393 Å². The van der Waals surface area contributed by atoms with Gasteiger partial charge in [-0.25, -0.2) is 0 Å². The summed E-state index contributed by atoms with van der Waals surface area (Å²) in [4.78, 5) is 24.7. The molecule has 0 radical (unpaired) electrons. The molecule has 2 aliphatic rings. The van der Waals surface area contributed by atoms with Crippen LogP contribution in [-0.2, 0) is 22.4 Å². The largest absolute Gasteiger partial charge is 0.541 e. The van der Waals surface area contributed by atoms with Crippen LogP contribution in [0.1, 0.15) is 68.0 Å². The lowest BCUT2D eigenvalue weighted by Crippen LogP contribution is -2.43. The molecule has 0 spiro atoms. The van der Waals surface area contributed by atoms with Crippen molar-refractivity contribution < 1.29 is 67.2 Å². The molecule has 15 heteroatoms. The van der Waals surface area contributed by atoms with Crippen molar-refractivity contribution in [3.8, 4) is 57.5 Å². The quantitative estimate of drug-likeness (QED) is 0.102. The molecule has 4 aromatic rings. The summed E-state index contributed by atoms with van der Waals surface area (Å²) < 4.78 is 51.0. The summed E-state index contributed by atoms with van der Waals surface area (Å²) in [6.45, 7) is 13.7. The van der Waals surface area contributed by atoms with Gasteiger partial charge in [0, 0.05) is 35.1 Å². The fraction of sp³-hybridized carbons (Fsp3) is 0.346. The number of aliphatic hydroxyl groups is 2. The van der Waals surface area contributed by atoms with Crippen molar-refractivity contribution >= 4 is 31.0 Å². The van der Waals surface area contributed by atoms with E-state index >= 15 is 0 Å². The van der Waals surface area contributed by atoms with Crippen LogP contribution >= 0.6 is 0 Å². The van der Waals surface area contributed by atoms with Crippen LogP contribution in [0, 0.1) is 0 Å². The maximum absolute atomic E-state index is 12.5. The Kier molecular flexibility index (Phi) is 15.7. The lowest BCUT2D eigenvalue weighted by Gasteiger charge is -2.37. The Bertz CT molecular complexity index is 2700. The van der Waals surface area contributed by atoms with E-state index in [2.05, 4.69) is 33.9 Å². The van der Waals surface area contributed by atoms with Gasteiger partial charge in [0.25, 0.3) is 8.32 Å². The zero-order valence-electron chi connectivity index (χ0n) is 41.0. The van der Waals surface area contributed by atoms with Crippen molar-refractivity contribution in [2.45, 2.75) is 65.6 Å². The second-order valence-electron chi connectivity index (χ2n) is 17.3. The summed E-state index contributed by atoms with van der Waals surface area (Å²) in [7, 11) is 10.0. The van der Waals surface area contributed by atoms with Crippen LogP contribution in [0.3, 0.4) is 0 Å². The first kappa shape index (κ1) is 51.0. The molecular formula is C52H62O14Si. The van der Waals surface area contributed by atoms with Crippen LogP contribution < -0.4 is 42.3 Å². The third-order valence-electron chi connectivity index (χ3n) is 12.3. The van der Waals surface area contributed by atoms with Crippen LogP contribution in [-0.4, -0.2) is 92.1 Å². The lowest BCUT2D eigenvalue weighted by molar-refractivity contribution is -0.114. The Morgan fingerprint density at radius 1 is 0.507 bits per heavy atom. The number of aliphatic hydroxyl groups excluding tert-OH is 2. The number of hydrogen-bond acceptors (Lipinski definition) is 14. The Hall–Kier alpha value is -7.00. The van der Waals surface area contributed by atoms with Crippen molar-refractivity contribution in [2.24, 2.45) is 0 Å². The molecule has 0 unspecified atom stereocenters. The second kappa shape index (κ2) is 20.7. The highest BCUT2D eigenvalue weighted by atomic mass is 28.4. The van der Waals surface area contributed by atoms with Gasteiger partial charge in [0.05, 0.1) is 56.9 Å². The average molecular weight is 939 g/mol. The number of benzene rings is 4. The summed E-state index contributed by atoms with van der Waals surface area (Å²) in [5.74, 6) is 3.36. The molecule has 0 fully saturated rings. The zero-order chi connectivity index (χ0) is 49.7. The normalized spacial score (nSPS) is 13.5. The highest BCUT2D eigenvalue weighted by Gasteiger charge is 2.40. The van der Waals surface area contributed by atoms with Crippen molar-refractivity contribution in [2.75, 3.05) is 56.9 Å². The van der Waals surface area contributed by atoms with E-state index in [0.29, 0.717) is 85.1 Å². The van der Waals surface area contributed by atoms with Gasteiger partial charge >= 0.3 is 0 Å². The summed E-state index contributed by atoms with van der Waals surface area (Å²) in [6.07, 6.45) is 3.44. The first-order valence-electron chi connectivity index (χ1n) is 21.3. The van der Waals surface area contributed by atoms with Gasteiger partial charge in [0.15, 0.2) is 51.8 Å². The number of carbonyl (C=O) groups excluding carboxylic acids is 2. The molecule has 67 heavy (non-hydrogen) atoms. The number of carbonyl (C=O) groups is 2. The number of allylic oxidation sites excluding steroid dienone is 4. The number of methoxy groups -OCH3 is 8. The van der Waals surface area contributed by atoms with E-state index in [1.165, 1.54) is 61.5 Å². The van der Waals surface area contributed by atoms with E-state index < -0.39 is 8.32 Å². The molecule has 0 heterocycles. The Morgan fingerprint density at radius 3 is 1.24 bits per heavy atom. The average Bonchev–Trinajstić information content (AvgIpc) is 3.53. The highest BCUT2D eigenvalue weighted by molar-refractivity contribution is 6.74. The molecule has 0 aromatic heterocycles. The van der Waals surface area contributed by atoms with E-state index in [-0.39, 0.29) is 57.9 Å². The number of Topliss-reactive ketones (excluding diaryl/α,β-unsaturated/α-hetero) is 2. The number of phenols is 1. The van der Waals surface area contributed by atoms with Gasteiger partial charge < -0.3 is 57.6 Å². The predicted molar refractivity (Wildman–Crippen MR) is 260 cm³/mol. The monoisotopic (exact) mass is 938 g/mol. The minimum Gasteiger partial charge on any atom is -0.541 e. The van der Waals surface area contributed by atoms with Gasteiger partial charge in [-0.3, -0.25) is 9.59 Å². The number of ketones is 2. The van der Waals surface area contributed by atoms with Gasteiger partial charge in [-0.2, -0.15) is 0 Å². The molecule has 2 aliphatic carbocycles. The second-order valence-corrected chi connectivity index (χ2v) is 22.0. The molecule has 0 atom stereocenters. The third kappa shape index (κ3) is 10.2. The summed E-state index contributed by atoms with van der Waals surface area (Å²) in [6, 6.07) is 14.2. The fourth-order valence-corrected chi connectivity index (χ4v) is 8.71. The first-order valence-corrected chi connectivity index (χ1v) is 24.2. The standard InChI is InChI=1S/C29H38O7Si.C23H24O7/c1-17(30)19-14-22-21(16-26(33-6)28(35-8)27(22)34-7)20(15-23(19)31)18-11-12-24(32-5)25(13-18)36-37(9,10)29(2,3)4;1-12(24)14-9-17-16(11-21(28-3)23(30-5)22(17)29-4)15(10-18(14)25)13-6-7-20(27-2)19(26)8-13/h11-13,15-16,31H,14H2,1-10H3;6-8,10-11,25-26H,9H2,1-5H3. The van der Waals surface area contributed by atoms with Crippen molar-refractivity contribution in [1.82, 2.24) is 0 Å². The number of hydrogen-bond donors (Lipinski definition) is 3. The van der Waals surface area contributed by atoms with Crippen LogP contribution in [0.5, 0.6) is 57.5 Å². The molecule has 4 aromatic carbocycles. The van der Waals surface area contributed by atoms with E-state index in [9.17, 15) is 24.9 Å². The number of aromatic hydroxyl groups is 1. The molecule has 0 aliphatic heterocycles. The molecule has 0 saturated heterocycles. The van der Waals surface area contributed by atoms with E-state index in [1.54, 1.807) is 45.6 Å². The van der Waals surface area contributed by atoms with Crippen molar-refractivity contribution in [3.63, 3.8) is 0 Å². The molecule has 3 N–H and O–H groups in total. The van der Waals surface area contributed by atoms with E-state index in [0.717, 1.165) is 11.1 Å². The molecule has 358 valence electrons. The van der Waals surface area contributed by atoms with Gasteiger partial charge in [0.1, 0.15) is 17.3 Å². The Balaban J connectivity index is 0.000000256. The maximum atomic E-state index is 12.5. The summed E-state index contributed by atoms with van der Waals surface area (Å²) in [5.41, 5.74) is 5.98. The smallest absolute Gasteiger partial charge is 0.250 e. The van der Waals surface area contributed by atoms with E-state index in [4.69, 9.17) is 42.3 Å². The number of ether oxygens (including phenoxy) is 8. The molecule has 6 rings (SSSR count). The predicted octanol–water partition coefficient (Wildman–Crippen LogP) is 10.3. The number of rotatable bonds is 14. The van der Waals surface area contributed by atoms with Crippen molar-refractivity contribution in [1.29, 1.82) is 0 Å². The Morgan fingerprint density at radius 2 is 0.896 bits per heavy atom. The lowest BCUT2D eigenvalue weighted by atomic mass is 9.91. The van der Waals surface area contributed by atoms with Gasteiger partial charge in [-0.15, -0.1) is 0 Å². The van der Waals surface area contributed by atoms with Gasteiger partial charge in [-0.05, 0) is 114 Å². The van der Waals surface area contributed by atoms with Crippen LogP contribution in [0.4, 0.5) is 0 Å². The minimum absolute atomic E-state index is 0.0170. The molecular weight excluding hydrogens is 877 g/mol. The number of fused-ring (bicyclic) bond motifs is 2. The minimum atomic E-state index is -2.19. The third-order valence-corrected chi connectivity index (χ3v) is 16.7. The molecule has 0 bridgehead atoms. The highest BCUT2D eigenvalue weighted by Crippen LogP contribution is 2.50. The maximum Gasteiger partial charge on any atom is 0.250 e. The number of phenolic OH excluding ortho intramolecular Hbond substituents is 1. The molecule has 14 nitrogen and oxygen atoms in total.